The fraction of sp³-hybridized carbons (Fsp3) is 0.250. The van der Waals surface area contributed by atoms with Crippen molar-refractivity contribution in [1.82, 2.24) is 5.32 Å². The van der Waals surface area contributed by atoms with E-state index in [9.17, 15) is 4.79 Å². The summed E-state index contributed by atoms with van der Waals surface area (Å²) in [6.45, 7) is 2.00. The third kappa shape index (κ3) is 4.33. The third-order valence-electron chi connectivity index (χ3n) is 2.98. The summed E-state index contributed by atoms with van der Waals surface area (Å²) in [6, 6.07) is 12.7. The maximum Gasteiger partial charge on any atom is 0.258 e. The SMILES string of the molecule is CCC(NC(=O)COc1ccc(C#N)cc1)c1cccs1. The molecule has 5 heteroatoms. The summed E-state index contributed by atoms with van der Waals surface area (Å²) in [7, 11) is 0. The Morgan fingerprint density at radius 3 is 2.71 bits per heavy atom. The highest BCUT2D eigenvalue weighted by atomic mass is 32.1. The van der Waals surface area contributed by atoms with Gasteiger partial charge in [0.05, 0.1) is 17.7 Å². The van der Waals surface area contributed by atoms with E-state index < -0.39 is 0 Å². The van der Waals surface area contributed by atoms with Crippen molar-refractivity contribution >= 4 is 17.2 Å². The lowest BCUT2D eigenvalue weighted by Crippen LogP contribution is -2.32. The van der Waals surface area contributed by atoms with Gasteiger partial charge in [-0.2, -0.15) is 5.26 Å². The van der Waals surface area contributed by atoms with Gasteiger partial charge in [0.2, 0.25) is 0 Å². The molecule has 2 rings (SSSR count). The van der Waals surface area contributed by atoms with Crippen LogP contribution >= 0.6 is 11.3 Å². The van der Waals surface area contributed by atoms with Gasteiger partial charge >= 0.3 is 0 Å². The van der Waals surface area contributed by atoms with Crippen molar-refractivity contribution in [1.29, 1.82) is 5.26 Å². The van der Waals surface area contributed by atoms with Gasteiger partial charge in [-0.1, -0.05) is 13.0 Å². The number of carbonyl (C=O) groups excluding carboxylic acids is 1. The molecule has 2 aromatic rings. The molecule has 0 radical (unpaired) electrons. The molecule has 0 spiro atoms. The van der Waals surface area contributed by atoms with E-state index in [0.717, 1.165) is 11.3 Å². The van der Waals surface area contributed by atoms with E-state index in [0.29, 0.717) is 11.3 Å². The molecular formula is C16H16N2O2S. The van der Waals surface area contributed by atoms with Gasteiger partial charge in [-0.15, -0.1) is 11.3 Å². The lowest BCUT2D eigenvalue weighted by atomic mass is 10.2. The van der Waals surface area contributed by atoms with Crippen LogP contribution in [-0.4, -0.2) is 12.5 Å². The number of hydrogen-bond acceptors (Lipinski definition) is 4. The Morgan fingerprint density at radius 2 is 2.14 bits per heavy atom. The average molecular weight is 300 g/mol. The minimum atomic E-state index is -0.153. The molecule has 1 aromatic heterocycles. The average Bonchev–Trinajstić information content (AvgIpc) is 3.05. The molecule has 0 fully saturated rings. The minimum Gasteiger partial charge on any atom is -0.484 e. The lowest BCUT2D eigenvalue weighted by molar-refractivity contribution is -0.123. The highest BCUT2D eigenvalue weighted by Crippen LogP contribution is 2.21. The number of thiophene rings is 1. The predicted octanol–water partition coefficient (Wildman–Crippen LogP) is 3.27. The Balaban J connectivity index is 1.85. The summed E-state index contributed by atoms with van der Waals surface area (Å²) >= 11 is 1.63. The molecule has 1 atom stereocenters. The number of nitrogens with one attached hydrogen (secondary N) is 1. The van der Waals surface area contributed by atoms with Crippen LogP contribution in [0.5, 0.6) is 5.75 Å². The predicted molar refractivity (Wildman–Crippen MR) is 82.1 cm³/mol. The van der Waals surface area contributed by atoms with Gasteiger partial charge < -0.3 is 10.1 Å². The Bertz CT molecular complexity index is 615. The Labute approximate surface area is 128 Å². The van der Waals surface area contributed by atoms with E-state index in [1.807, 2.05) is 30.5 Å². The highest BCUT2D eigenvalue weighted by molar-refractivity contribution is 7.10. The van der Waals surface area contributed by atoms with Crippen LogP contribution < -0.4 is 10.1 Å². The van der Waals surface area contributed by atoms with Crippen LogP contribution in [0.15, 0.2) is 41.8 Å². The van der Waals surface area contributed by atoms with Crippen LogP contribution in [0.3, 0.4) is 0 Å². The maximum absolute atomic E-state index is 11.9. The van der Waals surface area contributed by atoms with Gasteiger partial charge in [0, 0.05) is 4.88 Å². The van der Waals surface area contributed by atoms with Crippen LogP contribution in [-0.2, 0) is 4.79 Å². The molecule has 4 nitrogen and oxygen atoms in total. The van der Waals surface area contributed by atoms with Gasteiger partial charge in [0.15, 0.2) is 6.61 Å². The molecule has 1 amide bonds. The van der Waals surface area contributed by atoms with E-state index in [-0.39, 0.29) is 18.6 Å². The summed E-state index contributed by atoms with van der Waals surface area (Å²) in [5.74, 6) is 0.424. The normalized spacial score (nSPS) is 11.4. The molecule has 1 unspecified atom stereocenters. The van der Waals surface area contributed by atoms with Crippen molar-refractivity contribution < 1.29 is 9.53 Å². The standard InChI is InChI=1S/C16H16N2O2S/c1-2-14(15-4-3-9-21-15)18-16(19)11-20-13-7-5-12(10-17)6-8-13/h3-9,14H,2,11H2,1H3,(H,18,19). The van der Waals surface area contributed by atoms with E-state index >= 15 is 0 Å². The number of hydrogen-bond donors (Lipinski definition) is 1. The molecule has 1 N–H and O–H groups in total. The first-order chi connectivity index (χ1) is 10.2. The highest BCUT2D eigenvalue weighted by Gasteiger charge is 2.13. The van der Waals surface area contributed by atoms with Gasteiger partial charge in [-0.3, -0.25) is 4.79 Å². The molecule has 0 bridgehead atoms. The molecule has 21 heavy (non-hydrogen) atoms. The largest absolute Gasteiger partial charge is 0.484 e. The second-order valence-electron chi connectivity index (χ2n) is 4.47. The lowest BCUT2D eigenvalue weighted by Gasteiger charge is -2.15. The zero-order chi connectivity index (χ0) is 15.1. The summed E-state index contributed by atoms with van der Waals surface area (Å²) in [6.07, 6.45) is 0.836. The number of rotatable bonds is 6. The van der Waals surface area contributed by atoms with Gasteiger partial charge in [0.1, 0.15) is 5.75 Å². The van der Waals surface area contributed by atoms with Crippen LogP contribution in [0.2, 0.25) is 0 Å². The quantitative estimate of drug-likeness (QED) is 0.890. The first kappa shape index (κ1) is 15.1. The van der Waals surface area contributed by atoms with Gasteiger partial charge in [-0.25, -0.2) is 0 Å². The monoisotopic (exact) mass is 300 g/mol. The first-order valence-corrected chi connectivity index (χ1v) is 7.56. The number of benzene rings is 1. The second kappa shape index (κ2) is 7.46. The second-order valence-corrected chi connectivity index (χ2v) is 5.45. The number of carbonyl (C=O) groups is 1. The van der Waals surface area contributed by atoms with E-state index in [2.05, 4.69) is 5.32 Å². The van der Waals surface area contributed by atoms with Crippen LogP contribution in [0.25, 0.3) is 0 Å². The fourth-order valence-corrected chi connectivity index (χ4v) is 2.74. The molecular weight excluding hydrogens is 284 g/mol. The smallest absolute Gasteiger partial charge is 0.258 e. The van der Waals surface area contributed by atoms with Crippen molar-refractivity contribution in [2.75, 3.05) is 6.61 Å². The Kier molecular flexibility index (Phi) is 5.35. The number of nitriles is 1. The molecule has 1 aromatic carbocycles. The topological polar surface area (TPSA) is 62.1 Å². The summed E-state index contributed by atoms with van der Waals surface area (Å²) in [4.78, 5) is 13.1. The summed E-state index contributed by atoms with van der Waals surface area (Å²) in [5.41, 5.74) is 0.565. The van der Waals surface area contributed by atoms with E-state index in [1.54, 1.807) is 35.6 Å². The number of ether oxygens (including phenoxy) is 1. The zero-order valence-electron chi connectivity index (χ0n) is 11.7. The molecule has 0 saturated carbocycles. The van der Waals surface area contributed by atoms with Gasteiger partial charge in [-0.05, 0) is 42.1 Å². The van der Waals surface area contributed by atoms with Crippen LogP contribution in [0.4, 0.5) is 0 Å². The molecule has 0 saturated heterocycles. The Morgan fingerprint density at radius 1 is 1.38 bits per heavy atom. The van der Waals surface area contributed by atoms with Crippen LogP contribution in [0.1, 0.15) is 29.8 Å². The maximum atomic E-state index is 11.9. The van der Waals surface area contributed by atoms with Crippen molar-refractivity contribution in [3.63, 3.8) is 0 Å². The number of nitrogens with zero attached hydrogens (tertiary/aromatic N) is 1. The first-order valence-electron chi connectivity index (χ1n) is 6.68. The van der Waals surface area contributed by atoms with Crippen molar-refractivity contribution in [2.24, 2.45) is 0 Å². The summed E-state index contributed by atoms with van der Waals surface area (Å²) in [5, 5.41) is 13.7. The minimum absolute atomic E-state index is 0.0297. The zero-order valence-corrected chi connectivity index (χ0v) is 12.5. The van der Waals surface area contributed by atoms with Gasteiger partial charge in [0.25, 0.3) is 5.91 Å². The molecule has 0 aliphatic rings. The van der Waals surface area contributed by atoms with E-state index in [1.165, 1.54) is 0 Å². The number of amides is 1. The fourth-order valence-electron chi connectivity index (χ4n) is 1.87. The van der Waals surface area contributed by atoms with Crippen molar-refractivity contribution in [3.8, 4) is 11.8 Å². The molecule has 0 aliphatic heterocycles. The molecule has 0 aliphatic carbocycles. The van der Waals surface area contributed by atoms with Crippen molar-refractivity contribution in [3.05, 3.63) is 52.2 Å². The molecule has 1 heterocycles. The van der Waals surface area contributed by atoms with Crippen molar-refractivity contribution in [2.45, 2.75) is 19.4 Å². The Hall–Kier alpha value is -2.32. The third-order valence-corrected chi connectivity index (χ3v) is 3.97. The van der Waals surface area contributed by atoms with Crippen LogP contribution in [0, 0.1) is 11.3 Å². The molecule has 108 valence electrons. The van der Waals surface area contributed by atoms with E-state index in [4.69, 9.17) is 10.00 Å². The summed E-state index contributed by atoms with van der Waals surface area (Å²) < 4.78 is 5.41.